The molecule has 0 aliphatic heterocycles. The second-order valence-corrected chi connectivity index (χ2v) is 6.63. The number of anilines is 2. The summed E-state index contributed by atoms with van der Waals surface area (Å²) in [4.78, 5) is 13.3. The predicted molar refractivity (Wildman–Crippen MR) is 90.2 cm³/mol. The third-order valence-electron chi connectivity index (χ3n) is 2.83. The second-order valence-electron chi connectivity index (χ2n) is 4.53. The van der Waals surface area contributed by atoms with Crippen LogP contribution in [0.15, 0.2) is 5.16 Å². The largest absolute Gasteiger partial charge is 0.383 e. The first-order chi connectivity index (χ1) is 10.2. The van der Waals surface area contributed by atoms with Crippen LogP contribution in [0.2, 0.25) is 0 Å². The third kappa shape index (κ3) is 4.69. The molecule has 2 aromatic rings. The number of hydrogen-bond acceptors (Lipinski definition) is 8. The van der Waals surface area contributed by atoms with Crippen molar-refractivity contribution in [2.75, 3.05) is 37.1 Å². The number of fused-ring (bicyclic) bond motifs is 1. The molecule has 2 rings (SSSR count). The van der Waals surface area contributed by atoms with E-state index in [4.69, 9.17) is 10.5 Å². The molecule has 0 radical (unpaired) electrons. The first-order valence-electron chi connectivity index (χ1n) is 7.04. The van der Waals surface area contributed by atoms with Gasteiger partial charge in [-0.15, -0.1) is 0 Å². The smallest absolute Gasteiger partial charge is 0.191 e. The highest BCUT2D eigenvalue weighted by molar-refractivity contribution is 7.99. The van der Waals surface area contributed by atoms with E-state index in [9.17, 15) is 0 Å². The van der Waals surface area contributed by atoms with Gasteiger partial charge >= 0.3 is 0 Å². The molecule has 2 heterocycles. The minimum atomic E-state index is 0.516. The molecule has 0 fully saturated rings. The molecule has 0 bridgehead atoms. The van der Waals surface area contributed by atoms with Crippen LogP contribution in [0.1, 0.15) is 26.2 Å². The van der Waals surface area contributed by atoms with Gasteiger partial charge in [-0.05, 0) is 6.42 Å². The Labute approximate surface area is 132 Å². The molecule has 116 valence electrons. The Balaban J connectivity index is 2.13. The minimum absolute atomic E-state index is 0.516. The second kappa shape index (κ2) is 8.35. The van der Waals surface area contributed by atoms with E-state index < -0.39 is 0 Å². The van der Waals surface area contributed by atoms with Crippen molar-refractivity contribution in [3.63, 3.8) is 0 Å². The van der Waals surface area contributed by atoms with E-state index >= 15 is 0 Å². The SMILES string of the molecule is CCCCCSc1nc(NCCOC)c2sc(N)nc2n1. The predicted octanol–water partition coefficient (Wildman–Crippen LogP) is 3.01. The van der Waals surface area contributed by atoms with Gasteiger partial charge < -0.3 is 15.8 Å². The number of rotatable bonds is 9. The maximum absolute atomic E-state index is 5.78. The zero-order valence-corrected chi connectivity index (χ0v) is 14.0. The summed E-state index contributed by atoms with van der Waals surface area (Å²) in [6.45, 7) is 3.52. The van der Waals surface area contributed by atoms with Crippen molar-refractivity contribution in [3.05, 3.63) is 0 Å². The fourth-order valence-electron chi connectivity index (χ4n) is 1.79. The van der Waals surface area contributed by atoms with Crippen LogP contribution < -0.4 is 11.1 Å². The number of nitrogens with one attached hydrogen (secondary N) is 1. The van der Waals surface area contributed by atoms with E-state index in [1.807, 2.05) is 0 Å². The number of methoxy groups -OCH3 is 1. The lowest BCUT2D eigenvalue weighted by Gasteiger charge is -2.07. The summed E-state index contributed by atoms with van der Waals surface area (Å²) in [6, 6.07) is 0. The summed E-state index contributed by atoms with van der Waals surface area (Å²) < 4.78 is 5.96. The van der Waals surface area contributed by atoms with Gasteiger partial charge in [-0.3, -0.25) is 0 Å². The number of aromatic nitrogens is 3. The highest BCUT2D eigenvalue weighted by Crippen LogP contribution is 2.30. The molecule has 21 heavy (non-hydrogen) atoms. The van der Waals surface area contributed by atoms with E-state index in [1.54, 1.807) is 18.9 Å². The molecule has 0 amide bonds. The molecular formula is C13H21N5OS2. The van der Waals surface area contributed by atoms with Crippen molar-refractivity contribution in [2.45, 2.75) is 31.3 Å². The fourth-order valence-corrected chi connectivity index (χ4v) is 3.37. The van der Waals surface area contributed by atoms with Crippen LogP contribution in [-0.2, 0) is 4.74 Å². The van der Waals surface area contributed by atoms with Crippen LogP contribution >= 0.6 is 23.1 Å². The van der Waals surface area contributed by atoms with E-state index in [1.165, 1.54) is 30.6 Å². The van der Waals surface area contributed by atoms with Crippen molar-refractivity contribution < 1.29 is 4.74 Å². The van der Waals surface area contributed by atoms with Gasteiger partial charge in [0.05, 0.1) is 6.61 Å². The van der Waals surface area contributed by atoms with E-state index in [2.05, 4.69) is 27.2 Å². The number of nitrogens with zero attached hydrogens (tertiary/aromatic N) is 3. The van der Waals surface area contributed by atoms with E-state index in [-0.39, 0.29) is 0 Å². The van der Waals surface area contributed by atoms with Gasteiger partial charge in [-0.25, -0.2) is 15.0 Å². The lowest BCUT2D eigenvalue weighted by atomic mass is 10.3. The molecule has 8 heteroatoms. The van der Waals surface area contributed by atoms with E-state index in [0.717, 1.165) is 21.4 Å². The van der Waals surface area contributed by atoms with Crippen LogP contribution in [0.4, 0.5) is 10.9 Å². The number of thioether (sulfide) groups is 1. The first-order valence-corrected chi connectivity index (χ1v) is 8.84. The number of unbranched alkanes of at least 4 members (excludes halogenated alkanes) is 2. The molecule has 0 spiro atoms. The average Bonchev–Trinajstić information content (AvgIpc) is 2.84. The molecule has 0 aliphatic rings. The molecule has 0 atom stereocenters. The lowest BCUT2D eigenvalue weighted by molar-refractivity contribution is 0.210. The van der Waals surface area contributed by atoms with Crippen LogP contribution in [0, 0.1) is 0 Å². The Bertz CT molecular complexity index is 575. The summed E-state index contributed by atoms with van der Waals surface area (Å²) in [5, 5.41) is 4.54. The van der Waals surface area contributed by atoms with Crippen LogP contribution in [-0.4, -0.2) is 41.0 Å². The molecule has 0 saturated carbocycles. The summed E-state index contributed by atoms with van der Waals surface area (Å²) in [6.07, 6.45) is 3.62. The van der Waals surface area contributed by atoms with Crippen molar-refractivity contribution in [2.24, 2.45) is 0 Å². The van der Waals surface area contributed by atoms with Gasteiger partial charge in [0, 0.05) is 19.4 Å². The minimum Gasteiger partial charge on any atom is -0.383 e. The van der Waals surface area contributed by atoms with Crippen molar-refractivity contribution in [1.82, 2.24) is 15.0 Å². The summed E-state index contributed by atoms with van der Waals surface area (Å²) in [7, 11) is 1.68. The summed E-state index contributed by atoms with van der Waals surface area (Å²) in [5.74, 6) is 1.82. The Morgan fingerprint density at radius 3 is 2.90 bits per heavy atom. The summed E-state index contributed by atoms with van der Waals surface area (Å²) >= 11 is 3.07. The van der Waals surface area contributed by atoms with Gasteiger partial charge in [-0.2, -0.15) is 0 Å². The topological polar surface area (TPSA) is 86.0 Å². The molecule has 2 aromatic heterocycles. The van der Waals surface area contributed by atoms with Crippen molar-refractivity contribution >= 4 is 44.4 Å². The average molecular weight is 327 g/mol. The molecule has 3 N–H and O–H groups in total. The molecule has 6 nitrogen and oxygen atoms in total. The Morgan fingerprint density at radius 2 is 2.14 bits per heavy atom. The maximum Gasteiger partial charge on any atom is 0.191 e. The maximum atomic E-state index is 5.78. The standard InChI is InChI=1S/C13H21N5OS2/c1-3-4-5-8-20-13-17-10(15-6-7-19-2)9-11(18-13)16-12(14)21-9/h3-8H2,1-2H3,(H3,14,15,16,17,18). The fraction of sp³-hybridized carbons (Fsp3) is 0.615. The normalized spacial score (nSPS) is 11.1. The number of ether oxygens (including phenoxy) is 1. The Kier molecular flexibility index (Phi) is 6.47. The van der Waals surface area contributed by atoms with Crippen LogP contribution in [0.25, 0.3) is 10.3 Å². The zero-order valence-electron chi connectivity index (χ0n) is 12.4. The number of nitrogen functional groups attached to an aromatic ring is 1. The van der Waals surface area contributed by atoms with Gasteiger partial charge in [0.25, 0.3) is 0 Å². The highest BCUT2D eigenvalue weighted by atomic mass is 32.2. The van der Waals surface area contributed by atoms with Crippen molar-refractivity contribution in [3.8, 4) is 0 Å². The number of nitrogens with two attached hydrogens (primary N) is 1. The quantitative estimate of drug-likeness (QED) is 0.416. The molecular weight excluding hydrogens is 306 g/mol. The number of thiazole rings is 1. The van der Waals surface area contributed by atoms with Gasteiger partial charge in [0.1, 0.15) is 4.70 Å². The zero-order chi connectivity index (χ0) is 15.1. The van der Waals surface area contributed by atoms with Gasteiger partial charge in [-0.1, -0.05) is 42.9 Å². The molecule has 0 unspecified atom stereocenters. The lowest BCUT2D eigenvalue weighted by Crippen LogP contribution is -2.09. The molecule has 0 saturated heterocycles. The van der Waals surface area contributed by atoms with E-state index in [0.29, 0.717) is 23.9 Å². The van der Waals surface area contributed by atoms with Crippen LogP contribution in [0.5, 0.6) is 0 Å². The van der Waals surface area contributed by atoms with Gasteiger partial charge in [0.2, 0.25) is 0 Å². The van der Waals surface area contributed by atoms with Crippen molar-refractivity contribution in [1.29, 1.82) is 0 Å². The highest BCUT2D eigenvalue weighted by Gasteiger charge is 2.12. The summed E-state index contributed by atoms with van der Waals surface area (Å²) in [5.41, 5.74) is 6.46. The Hall–Kier alpha value is -1.12. The molecule has 0 aromatic carbocycles. The number of hydrogen-bond donors (Lipinski definition) is 2. The van der Waals surface area contributed by atoms with Crippen LogP contribution in [0.3, 0.4) is 0 Å². The third-order valence-corrected chi connectivity index (χ3v) is 4.64. The monoisotopic (exact) mass is 327 g/mol. The first kappa shape index (κ1) is 16.3. The Morgan fingerprint density at radius 1 is 1.29 bits per heavy atom. The molecule has 0 aliphatic carbocycles. The van der Waals surface area contributed by atoms with Gasteiger partial charge in [0.15, 0.2) is 21.8 Å².